The van der Waals surface area contributed by atoms with E-state index in [-0.39, 0.29) is 0 Å². The molecule has 0 radical (unpaired) electrons. The Hall–Kier alpha value is -2.48. The molecule has 0 aromatic heterocycles. The van der Waals surface area contributed by atoms with Gasteiger partial charge in [0, 0.05) is 12.0 Å². The van der Waals surface area contributed by atoms with Crippen LogP contribution in [0.4, 0.5) is 0 Å². The van der Waals surface area contributed by atoms with E-state index in [9.17, 15) is 0 Å². The molecule has 2 nitrogen and oxygen atoms in total. The molecule has 2 aromatic carbocycles. The largest absolute Gasteiger partial charge is 0.382 e. The highest BCUT2D eigenvalue weighted by Crippen LogP contribution is 2.24. The van der Waals surface area contributed by atoms with E-state index in [0.29, 0.717) is 0 Å². The van der Waals surface area contributed by atoms with Crippen LogP contribution >= 0.6 is 0 Å². The topological polar surface area (TPSA) is 21.3 Å². The quantitative estimate of drug-likeness (QED) is 0.886. The van der Waals surface area contributed by atoms with Gasteiger partial charge in [0.25, 0.3) is 0 Å². The van der Waals surface area contributed by atoms with E-state index in [1.807, 2.05) is 36.4 Å². The van der Waals surface area contributed by atoms with Gasteiger partial charge in [-0.1, -0.05) is 60.7 Å². The van der Waals surface area contributed by atoms with Gasteiger partial charge in [0.2, 0.25) is 0 Å². The second kappa shape index (κ2) is 5.44. The van der Waals surface area contributed by atoms with Gasteiger partial charge in [-0.15, -0.1) is 0 Å². The van der Waals surface area contributed by atoms with Crippen LogP contribution in [-0.4, -0.2) is 0 Å². The predicted molar refractivity (Wildman–Crippen MR) is 78.3 cm³/mol. The van der Waals surface area contributed by atoms with Gasteiger partial charge in [-0.3, -0.25) is 0 Å². The van der Waals surface area contributed by atoms with Crippen LogP contribution in [0.5, 0.6) is 5.75 Å². The van der Waals surface area contributed by atoms with Gasteiger partial charge < -0.3 is 4.84 Å². The summed E-state index contributed by atoms with van der Waals surface area (Å²) in [7, 11) is 0. The van der Waals surface area contributed by atoms with Crippen LogP contribution in [0, 0.1) is 0 Å². The average Bonchev–Trinajstić information content (AvgIpc) is 2.48. The Bertz CT molecular complexity index is 614. The first kappa shape index (κ1) is 11.6. The summed E-state index contributed by atoms with van der Waals surface area (Å²) in [5.41, 5.74) is 6.36. The van der Waals surface area contributed by atoms with Gasteiger partial charge in [0.15, 0.2) is 5.75 Å². The van der Waals surface area contributed by atoms with Crippen molar-refractivity contribution in [1.82, 2.24) is 5.48 Å². The minimum atomic E-state index is 0.823. The summed E-state index contributed by atoms with van der Waals surface area (Å²) < 4.78 is 0. The second-order valence-electron chi connectivity index (χ2n) is 4.43. The highest BCUT2D eigenvalue weighted by atomic mass is 16.6. The number of para-hydroxylation sites is 1. The zero-order valence-corrected chi connectivity index (χ0v) is 10.5. The molecule has 3 rings (SSSR count). The molecule has 2 heteroatoms. The summed E-state index contributed by atoms with van der Waals surface area (Å²) in [5.74, 6) is 0.873. The van der Waals surface area contributed by atoms with E-state index < -0.39 is 0 Å². The number of hydrogen-bond donors (Lipinski definition) is 1. The first-order chi connectivity index (χ1) is 9.42. The molecule has 0 saturated carbocycles. The molecule has 2 aromatic rings. The molecule has 0 fully saturated rings. The van der Waals surface area contributed by atoms with Gasteiger partial charge in [-0.05, 0) is 17.7 Å². The van der Waals surface area contributed by atoms with Crippen LogP contribution < -0.4 is 10.3 Å². The molecule has 1 aliphatic rings. The number of rotatable bonds is 3. The van der Waals surface area contributed by atoms with Crippen LogP contribution in [-0.2, 0) is 0 Å². The van der Waals surface area contributed by atoms with E-state index in [1.165, 1.54) is 5.56 Å². The van der Waals surface area contributed by atoms with E-state index >= 15 is 0 Å². The predicted octanol–water partition coefficient (Wildman–Crippen LogP) is 4.03. The van der Waals surface area contributed by atoms with Crippen LogP contribution in [0.3, 0.4) is 0 Å². The SMILES string of the molecule is C(=Cc1ccccc1)CC1=Cc2ccccc2ON1. The Kier molecular flexibility index (Phi) is 3.32. The molecule has 1 aliphatic heterocycles. The number of benzene rings is 2. The standard InChI is InChI=1S/C17H15NO/c1-2-7-14(8-3-1)9-6-11-16-13-15-10-4-5-12-17(15)19-18-16/h1-10,12-13,18H,11H2. The number of hydrogen-bond acceptors (Lipinski definition) is 2. The van der Waals surface area contributed by atoms with E-state index in [4.69, 9.17) is 4.84 Å². The van der Waals surface area contributed by atoms with Gasteiger partial charge in [-0.2, -0.15) is 0 Å². The van der Waals surface area contributed by atoms with Crippen LogP contribution in [0.25, 0.3) is 12.2 Å². The summed E-state index contributed by atoms with van der Waals surface area (Å²) in [5, 5.41) is 0. The molecule has 0 amide bonds. The van der Waals surface area contributed by atoms with Gasteiger partial charge in [0.1, 0.15) is 0 Å². The fourth-order valence-electron chi connectivity index (χ4n) is 2.02. The van der Waals surface area contributed by atoms with Gasteiger partial charge >= 0.3 is 0 Å². The normalized spacial score (nSPS) is 13.4. The van der Waals surface area contributed by atoms with Crippen LogP contribution in [0.15, 0.2) is 66.4 Å². The van der Waals surface area contributed by atoms with Crippen molar-refractivity contribution in [3.63, 3.8) is 0 Å². The first-order valence-electron chi connectivity index (χ1n) is 6.36. The smallest absolute Gasteiger partial charge is 0.162 e. The summed E-state index contributed by atoms with van der Waals surface area (Å²) in [6, 6.07) is 18.3. The van der Waals surface area contributed by atoms with Crippen molar-refractivity contribution in [2.75, 3.05) is 0 Å². The second-order valence-corrected chi connectivity index (χ2v) is 4.43. The fraction of sp³-hybridized carbons (Fsp3) is 0.0588. The van der Waals surface area contributed by atoms with Gasteiger partial charge in [-0.25, -0.2) is 5.48 Å². The van der Waals surface area contributed by atoms with Crippen molar-refractivity contribution in [2.45, 2.75) is 6.42 Å². The lowest BCUT2D eigenvalue weighted by Gasteiger charge is -2.17. The molecule has 0 spiro atoms. The Morgan fingerprint density at radius 2 is 1.74 bits per heavy atom. The van der Waals surface area contributed by atoms with Crippen molar-refractivity contribution in [2.24, 2.45) is 0 Å². The molecule has 0 saturated heterocycles. The number of allylic oxidation sites excluding steroid dienone is 1. The lowest BCUT2D eigenvalue weighted by atomic mass is 10.1. The maximum atomic E-state index is 5.49. The van der Waals surface area contributed by atoms with Crippen LogP contribution in [0.1, 0.15) is 17.5 Å². The molecule has 0 atom stereocenters. The zero-order chi connectivity index (χ0) is 12.9. The third-order valence-electron chi connectivity index (χ3n) is 2.99. The highest BCUT2D eigenvalue weighted by Gasteiger charge is 2.08. The van der Waals surface area contributed by atoms with Crippen molar-refractivity contribution in [3.8, 4) is 5.75 Å². The van der Waals surface area contributed by atoms with E-state index in [2.05, 4.69) is 41.9 Å². The zero-order valence-electron chi connectivity index (χ0n) is 10.5. The Labute approximate surface area is 113 Å². The Balaban J connectivity index is 1.69. The molecule has 0 aliphatic carbocycles. The summed E-state index contributed by atoms with van der Waals surface area (Å²) in [4.78, 5) is 5.49. The van der Waals surface area contributed by atoms with Crippen LogP contribution in [0.2, 0.25) is 0 Å². The first-order valence-corrected chi connectivity index (χ1v) is 6.36. The molecule has 1 N–H and O–H groups in total. The van der Waals surface area contributed by atoms with Crippen molar-refractivity contribution in [1.29, 1.82) is 0 Å². The fourth-order valence-corrected chi connectivity index (χ4v) is 2.02. The third-order valence-corrected chi connectivity index (χ3v) is 2.99. The lowest BCUT2D eigenvalue weighted by molar-refractivity contribution is 0.223. The number of hydroxylamine groups is 1. The maximum Gasteiger partial charge on any atom is 0.162 e. The molecule has 94 valence electrons. The van der Waals surface area contributed by atoms with Crippen molar-refractivity contribution in [3.05, 3.63) is 77.5 Å². The lowest BCUT2D eigenvalue weighted by Crippen LogP contribution is -2.21. The summed E-state index contributed by atoms with van der Waals surface area (Å²) >= 11 is 0. The molecule has 0 bridgehead atoms. The monoisotopic (exact) mass is 249 g/mol. The molecule has 0 unspecified atom stereocenters. The third kappa shape index (κ3) is 2.86. The maximum absolute atomic E-state index is 5.49. The Morgan fingerprint density at radius 3 is 2.63 bits per heavy atom. The van der Waals surface area contributed by atoms with Crippen molar-refractivity contribution >= 4 is 12.2 Å². The molecular weight excluding hydrogens is 234 g/mol. The summed E-state index contributed by atoms with van der Waals surface area (Å²) in [6.45, 7) is 0. The number of fused-ring (bicyclic) bond motifs is 1. The molecule has 19 heavy (non-hydrogen) atoms. The van der Waals surface area contributed by atoms with E-state index in [0.717, 1.165) is 23.4 Å². The Morgan fingerprint density at radius 1 is 0.947 bits per heavy atom. The van der Waals surface area contributed by atoms with E-state index in [1.54, 1.807) is 0 Å². The van der Waals surface area contributed by atoms with Crippen molar-refractivity contribution < 1.29 is 4.84 Å². The molecular formula is C17H15NO. The minimum absolute atomic E-state index is 0.823. The number of nitrogens with one attached hydrogen (secondary N) is 1. The minimum Gasteiger partial charge on any atom is -0.382 e. The molecule has 1 heterocycles. The van der Waals surface area contributed by atoms with Gasteiger partial charge in [0.05, 0.1) is 5.70 Å². The highest BCUT2D eigenvalue weighted by molar-refractivity contribution is 5.61. The summed E-state index contributed by atoms with van der Waals surface area (Å²) in [6.07, 6.45) is 7.19. The average molecular weight is 249 g/mol.